The molecule has 1 aliphatic carbocycles. The third-order valence-corrected chi connectivity index (χ3v) is 5.74. The number of esters is 1. The number of aryl methyl sites for hydroxylation is 1. The van der Waals surface area contributed by atoms with Crippen LogP contribution in [0.4, 0.5) is 0 Å². The number of thioether (sulfide) groups is 1. The number of methoxy groups -OCH3 is 1. The van der Waals surface area contributed by atoms with Crippen LogP contribution in [-0.4, -0.2) is 42.0 Å². The summed E-state index contributed by atoms with van der Waals surface area (Å²) in [5, 5.41) is 3.95. The summed E-state index contributed by atoms with van der Waals surface area (Å²) in [5.41, 5.74) is 4.28. The van der Waals surface area contributed by atoms with Crippen molar-refractivity contribution in [2.45, 2.75) is 38.6 Å². The van der Waals surface area contributed by atoms with Gasteiger partial charge in [-0.25, -0.2) is 4.79 Å². The van der Waals surface area contributed by atoms with Crippen LogP contribution in [0.5, 0.6) is 0 Å². The lowest BCUT2D eigenvalue weighted by atomic mass is 9.87. The van der Waals surface area contributed by atoms with E-state index in [9.17, 15) is 9.59 Å². The van der Waals surface area contributed by atoms with Crippen LogP contribution in [0.1, 0.15) is 41.4 Å². The van der Waals surface area contributed by atoms with E-state index < -0.39 is 12.0 Å². The third kappa shape index (κ3) is 3.90. The molecule has 2 N–H and O–H groups in total. The maximum absolute atomic E-state index is 12.7. The summed E-state index contributed by atoms with van der Waals surface area (Å²) in [6.45, 7) is 2.27. The van der Waals surface area contributed by atoms with Gasteiger partial charge < -0.3 is 15.0 Å². The summed E-state index contributed by atoms with van der Waals surface area (Å²) < 4.78 is 4.82. The summed E-state index contributed by atoms with van der Waals surface area (Å²) in [4.78, 5) is 28.1. The summed E-state index contributed by atoms with van der Waals surface area (Å²) >= 11 is 1.64. The van der Waals surface area contributed by atoms with E-state index in [1.54, 1.807) is 11.8 Å². The first kappa shape index (κ1) is 18.8. The van der Waals surface area contributed by atoms with Gasteiger partial charge in [-0.3, -0.25) is 4.79 Å². The SMILES string of the molecule is COC(=O)C(CCSC)NC(=O)c1ccc2[nH]c3c(c2c1)CC(C)CC3. The van der Waals surface area contributed by atoms with Crippen molar-refractivity contribution in [2.75, 3.05) is 19.1 Å². The predicted molar refractivity (Wildman–Crippen MR) is 106 cm³/mol. The van der Waals surface area contributed by atoms with Gasteiger partial charge in [0.05, 0.1) is 7.11 Å². The Morgan fingerprint density at radius 3 is 2.96 bits per heavy atom. The lowest BCUT2D eigenvalue weighted by Gasteiger charge is -2.18. The summed E-state index contributed by atoms with van der Waals surface area (Å²) in [7, 11) is 1.35. The Hall–Kier alpha value is -1.95. The summed E-state index contributed by atoms with van der Waals surface area (Å²) in [6, 6.07) is 5.10. The Balaban J connectivity index is 1.83. The maximum Gasteiger partial charge on any atom is 0.328 e. The summed E-state index contributed by atoms with van der Waals surface area (Å²) in [6.07, 6.45) is 5.83. The largest absolute Gasteiger partial charge is 0.467 e. The van der Waals surface area contributed by atoms with Crippen molar-refractivity contribution in [1.82, 2.24) is 10.3 Å². The smallest absolute Gasteiger partial charge is 0.328 e. The first-order valence-electron chi connectivity index (χ1n) is 9.04. The molecule has 0 radical (unpaired) electrons. The van der Waals surface area contributed by atoms with Crippen LogP contribution in [0.15, 0.2) is 18.2 Å². The Morgan fingerprint density at radius 1 is 1.42 bits per heavy atom. The molecular formula is C20H26N2O3S. The number of H-pyrrole nitrogens is 1. The monoisotopic (exact) mass is 374 g/mol. The van der Waals surface area contributed by atoms with Crippen molar-refractivity contribution in [3.63, 3.8) is 0 Å². The molecule has 140 valence electrons. The van der Waals surface area contributed by atoms with Crippen molar-refractivity contribution >= 4 is 34.5 Å². The van der Waals surface area contributed by atoms with Crippen LogP contribution in [0, 0.1) is 5.92 Å². The van der Waals surface area contributed by atoms with E-state index >= 15 is 0 Å². The molecule has 2 unspecified atom stereocenters. The van der Waals surface area contributed by atoms with Gasteiger partial charge in [0, 0.05) is 22.2 Å². The topological polar surface area (TPSA) is 71.2 Å². The van der Waals surface area contributed by atoms with Crippen molar-refractivity contribution in [1.29, 1.82) is 0 Å². The van der Waals surface area contributed by atoms with Gasteiger partial charge in [0.25, 0.3) is 5.91 Å². The van der Waals surface area contributed by atoms with Gasteiger partial charge in [-0.2, -0.15) is 11.8 Å². The zero-order chi connectivity index (χ0) is 18.7. The van der Waals surface area contributed by atoms with E-state index in [1.165, 1.54) is 24.8 Å². The lowest BCUT2D eigenvalue weighted by molar-refractivity contribution is -0.142. The number of carbonyl (C=O) groups is 2. The number of rotatable bonds is 6. The number of ether oxygens (including phenoxy) is 1. The molecule has 1 aromatic heterocycles. The zero-order valence-electron chi connectivity index (χ0n) is 15.6. The van der Waals surface area contributed by atoms with E-state index in [-0.39, 0.29) is 5.91 Å². The Bertz CT molecular complexity index is 815. The molecular weight excluding hydrogens is 348 g/mol. The van der Waals surface area contributed by atoms with Crippen LogP contribution in [0.3, 0.4) is 0 Å². The highest BCUT2D eigenvalue weighted by molar-refractivity contribution is 7.98. The standard InChI is InChI=1S/C20H26N2O3S/c1-12-4-6-16-14(10-12)15-11-13(5-7-17(15)21-16)19(23)22-18(8-9-26-3)20(24)25-2/h5,7,11-12,18,21H,4,6,8-10H2,1-3H3,(H,22,23). The fourth-order valence-electron chi connectivity index (χ4n) is 3.60. The maximum atomic E-state index is 12.7. The van der Waals surface area contributed by atoms with Crippen LogP contribution in [0.25, 0.3) is 10.9 Å². The average molecular weight is 375 g/mol. The van der Waals surface area contributed by atoms with Crippen LogP contribution < -0.4 is 5.32 Å². The van der Waals surface area contributed by atoms with Crippen LogP contribution >= 0.6 is 11.8 Å². The first-order chi connectivity index (χ1) is 12.5. The van der Waals surface area contributed by atoms with E-state index in [2.05, 4.69) is 17.2 Å². The minimum absolute atomic E-state index is 0.234. The van der Waals surface area contributed by atoms with Gasteiger partial charge in [0.15, 0.2) is 0 Å². The molecule has 1 aliphatic rings. The van der Waals surface area contributed by atoms with Gasteiger partial charge in [-0.15, -0.1) is 0 Å². The molecule has 2 atom stereocenters. The number of hydrogen-bond acceptors (Lipinski definition) is 4. The normalized spacial score (nSPS) is 17.6. The Kier molecular flexibility index (Phi) is 5.91. The van der Waals surface area contributed by atoms with E-state index in [0.29, 0.717) is 17.9 Å². The highest BCUT2D eigenvalue weighted by Gasteiger charge is 2.23. The fraction of sp³-hybridized carbons (Fsp3) is 0.500. The van der Waals surface area contributed by atoms with Crippen molar-refractivity contribution in [3.05, 3.63) is 35.0 Å². The van der Waals surface area contributed by atoms with E-state index in [0.717, 1.165) is 29.5 Å². The molecule has 0 spiro atoms. The van der Waals surface area contributed by atoms with Gasteiger partial charge in [-0.05, 0) is 67.4 Å². The quantitative estimate of drug-likeness (QED) is 0.761. The number of aromatic amines is 1. The molecule has 6 heteroatoms. The summed E-state index contributed by atoms with van der Waals surface area (Å²) in [5.74, 6) is 0.806. The van der Waals surface area contributed by atoms with Gasteiger partial charge in [0.1, 0.15) is 6.04 Å². The number of aromatic nitrogens is 1. The lowest BCUT2D eigenvalue weighted by Crippen LogP contribution is -2.41. The average Bonchev–Trinajstić information content (AvgIpc) is 3.01. The van der Waals surface area contributed by atoms with Crippen molar-refractivity contribution < 1.29 is 14.3 Å². The van der Waals surface area contributed by atoms with Crippen LogP contribution in [-0.2, 0) is 22.4 Å². The van der Waals surface area contributed by atoms with Gasteiger partial charge in [-0.1, -0.05) is 6.92 Å². The second kappa shape index (κ2) is 8.16. The molecule has 5 nitrogen and oxygen atoms in total. The number of benzene rings is 1. The molecule has 1 heterocycles. The Morgan fingerprint density at radius 2 is 2.23 bits per heavy atom. The zero-order valence-corrected chi connectivity index (χ0v) is 16.4. The minimum atomic E-state index is -0.615. The minimum Gasteiger partial charge on any atom is -0.467 e. The molecule has 0 fully saturated rings. The van der Waals surface area contributed by atoms with Crippen molar-refractivity contribution in [3.8, 4) is 0 Å². The van der Waals surface area contributed by atoms with Crippen LogP contribution in [0.2, 0.25) is 0 Å². The molecule has 0 saturated carbocycles. The molecule has 0 aliphatic heterocycles. The fourth-order valence-corrected chi connectivity index (χ4v) is 4.07. The second-order valence-corrected chi connectivity index (χ2v) is 8.01. The number of nitrogens with one attached hydrogen (secondary N) is 2. The molecule has 0 saturated heterocycles. The van der Waals surface area contributed by atoms with E-state index in [4.69, 9.17) is 4.74 Å². The molecule has 1 amide bonds. The second-order valence-electron chi connectivity index (χ2n) is 7.02. The molecule has 3 rings (SSSR count). The third-order valence-electron chi connectivity index (χ3n) is 5.10. The number of fused-ring (bicyclic) bond motifs is 3. The number of amides is 1. The molecule has 2 aromatic rings. The molecule has 1 aromatic carbocycles. The predicted octanol–water partition coefficient (Wildman–Crippen LogP) is 3.32. The highest BCUT2D eigenvalue weighted by atomic mass is 32.2. The van der Waals surface area contributed by atoms with Gasteiger partial charge >= 0.3 is 5.97 Å². The highest BCUT2D eigenvalue weighted by Crippen LogP contribution is 2.32. The Labute approximate surface area is 158 Å². The van der Waals surface area contributed by atoms with Gasteiger partial charge in [0.2, 0.25) is 0 Å². The van der Waals surface area contributed by atoms with Crippen molar-refractivity contribution in [2.24, 2.45) is 5.92 Å². The first-order valence-corrected chi connectivity index (χ1v) is 10.4. The van der Waals surface area contributed by atoms with E-state index in [1.807, 2.05) is 24.5 Å². The number of hydrogen-bond donors (Lipinski definition) is 2. The molecule has 26 heavy (non-hydrogen) atoms. The number of carbonyl (C=O) groups excluding carboxylic acids is 2. The molecule has 0 bridgehead atoms.